The van der Waals surface area contributed by atoms with Gasteiger partial charge in [-0.25, -0.2) is 0 Å². The summed E-state index contributed by atoms with van der Waals surface area (Å²) in [4.78, 5) is 13.8. The molecule has 1 N–H and O–H groups in total. The summed E-state index contributed by atoms with van der Waals surface area (Å²) in [6, 6.07) is 4.52. The molecule has 1 aromatic rings. The van der Waals surface area contributed by atoms with E-state index in [2.05, 4.69) is 0 Å². The lowest BCUT2D eigenvalue weighted by Gasteiger charge is -2.23. The first-order valence-electron chi connectivity index (χ1n) is 5.43. The summed E-state index contributed by atoms with van der Waals surface area (Å²) in [5.41, 5.74) is 0.229. The molecule has 1 aliphatic heterocycles. The maximum atomic E-state index is 12.2. The second-order valence-corrected chi connectivity index (χ2v) is 4.53. The van der Waals surface area contributed by atoms with E-state index in [-0.39, 0.29) is 23.3 Å². The van der Waals surface area contributed by atoms with Crippen LogP contribution in [-0.2, 0) is 4.74 Å². The third kappa shape index (κ3) is 2.53. The summed E-state index contributed by atoms with van der Waals surface area (Å²) in [5.74, 6) is -0.286. The number of benzene rings is 1. The summed E-state index contributed by atoms with van der Waals surface area (Å²) >= 11 is 5.82. The molecule has 2 rings (SSSR count). The molecule has 0 saturated carbocycles. The zero-order valence-electron chi connectivity index (χ0n) is 9.52. The second kappa shape index (κ2) is 4.94. The molecule has 5 heteroatoms. The molecule has 1 fully saturated rings. The van der Waals surface area contributed by atoms with Crippen LogP contribution in [0.3, 0.4) is 0 Å². The highest BCUT2D eigenvalue weighted by molar-refractivity contribution is 6.31. The van der Waals surface area contributed by atoms with Gasteiger partial charge in [0.2, 0.25) is 0 Å². The number of rotatable bonds is 2. The Morgan fingerprint density at radius 2 is 2.35 bits per heavy atom. The van der Waals surface area contributed by atoms with Crippen molar-refractivity contribution in [3.63, 3.8) is 0 Å². The number of hydrogen-bond acceptors (Lipinski definition) is 3. The van der Waals surface area contributed by atoms with E-state index >= 15 is 0 Å². The van der Waals surface area contributed by atoms with Crippen molar-refractivity contribution in [1.82, 2.24) is 4.90 Å². The van der Waals surface area contributed by atoms with Crippen molar-refractivity contribution in [3.05, 3.63) is 28.8 Å². The number of carbonyl (C=O) groups is 1. The Bertz CT molecular complexity index is 430. The Hall–Kier alpha value is -1.26. The van der Waals surface area contributed by atoms with Gasteiger partial charge in [0.1, 0.15) is 5.75 Å². The van der Waals surface area contributed by atoms with E-state index in [1.54, 1.807) is 18.0 Å². The number of halogens is 1. The predicted molar refractivity (Wildman–Crippen MR) is 64.4 cm³/mol. The van der Waals surface area contributed by atoms with Gasteiger partial charge in [-0.1, -0.05) is 11.6 Å². The Morgan fingerprint density at radius 1 is 1.59 bits per heavy atom. The van der Waals surface area contributed by atoms with Crippen LogP contribution in [0.25, 0.3) is 0 Å². The summed E-state index contributed by atoms with van der Waals surface area (Å²) in [6.07, 6.45) is 0.823. The summed E-state index contributed by atoms with van der Waals surface area (Å²) in [5, 5.41) is 10.1. The Balaban J connectivity index is 2.20. The normalized spacial score (nSPS) is 19.3. The third-order valence-corrected chi connectivity index (χ3v) is 3.20. The van der Waals surface area contributed by atoms with E-state index in [1.807, 2.05) is 0 Å². The maximum Gasteiger partial charge on any atom is 0.257 e. The van der Waals surface area contributed by atoms with Crippen molar-refractivity contribution in [2.75, 3.05) is 20.3 Å². The minimum Gasteiger partial charge on any atom is -0.507 e. The van der Waals surface area contributed by atoms with Gasteiger partial charge in [0.05, 0.1) is 18.2 Å². The lowest BCUT2D eigenvalue weighted by Crippen LogP contribution is -2.37. The number of hydrogen-bond donors (Lipinski definition) is 1. The molecule has 0 aliphatic carbocycles. The molecule has 0 bridgehead atoms. The van der Waals surface area contributed by atoms with E-state index in [0.717, 1.165) is 6.42 Å². The number of phenolic OH excluding ortho intramolecular Hbond substituents is 1. The highest BCUT2D eigenvalue weighted by Gasteiger charge is 2.26. The molecule has 1 aromatic carbocycles. The van der Waals surface area contributed by atoms with Gasteiger partial charge < -0.3 is 14.7 Å². The fourth-order valence-electron chi connectivity index (χ4n) is 1.86. The van der Waals surface area contributed by atoms with Gasteiger partial charge in [0.25, 0.3) is 5.91 Å². The van der Waals surface area contributed by atoms with Crippen molar-refractivity contribution in [2.24, 2.45) is 0 Å². The number of likely N-dealkylation sites (N-methyl/N-ethyl adjacent to an activating group) is 1. The molecule has 1 heterocycles. The summed E-state index contributed by atoms with van der Waals surface area (Å²) < 4.78 is 5.24. The molecular formula is C12H14ClNO3. The van der Waals surface area contributed by atoms with Crippen molar-refractivity contribution < 1.29 is 14.6 Å². The van der Waals surface area contributed by atoms with Gasteiger partial charge in [-0.2, -0.15) is 0 Å². The Kier molecular flexibility index (Phi) is 3.54. The molecule has 1 aliphatic rings. The Labute approximate surface area is 105 Å². The topological polar surface area (TPSA) is 49.8 Å². The van der Waals surface area contributed by atoms with E-state index in [0.29, 0.717) is 18.2 Å². The van der Waals surface area contributed by atoms with E-state index in [4.69, 9.17) is 16.3 Å². The van der Waals surface area contributed by atoms with Gasteiger partial charge in [-0.3, -0.25) is 4.79 Å². The van der Waals surface area contributed by atoms with Crippen LogP contribution in [0.4, 0.5) is 0 Å². The predicted octanol–water partition coefficient (Wildman–Crippen LogP) is 1.91. The first-order chi connectivity index (χ1) is 8.09. The fraction of sp³-hybridized carbons (Fsp3) is 0.417. The van der Waals surface area contributed by atoms with Crippen molar-refractivity contribution >= 4 is 17.5 Å². The molecule has 1 saturated heterocycles. The van der Waals surface area contributed by atoms with Crippen LogP contribution < -0.4 is 0 Å². The number of ether oxygens (including phenoxy) is 1. The molecule has 4 nitrogen and oxygen atoms in total. The zero-order chi connectivity index (χ0) is 12.4. The molecule has 1 atom stereocenters. The summed E-state index contributed by atoms with van der Waals surface area (Å²) in [6.45, 7) is 1.22. The smallest absolute Gasteiger partial charge is 0.257 e. The molecule has 0 radical (unpaired) electrons. The highest BCUT2D eigenvalue weighted by Crippen LogP contribution is 2.24. The molecule has 1 amide bonds. The SMILES string of the molecule is CN(C(=O)c1cc(Cl)ccc1O)C1CCOC1. The largest absolute Gasteiger partial charge is 0.507 e. The van der Waals surface area contributed by atoms with Crippen molar-refractivity contribution in [2.45, 2.75) is 12.5 Å². The van der Waals surface area contributed by atoms with Crippen LogP contribution in [-0.4, -0.2) is 42.2 Å². The number of nitrogens with zero attached hydrogens (tertiary/aromatic N) is 1. The van der Waals surface area contributed by atoms with Gasteiger partial charge in [0.15, 0.2) is 0 Å². The average Bonchev–Trinajstić information content (AvgIpc) is 2.84. The number of aromatic hydroxyl groups is 1. The van der Waals surface area contributed by atoms with Crippen molar-refractivity contribution in [1.29, 1.82) is 0 Å². The number of amides is 1. The van der Waals surface area contributed by atoms with Gasteiger partial charge in [0, 0.05) is 18.7 Å². The molecule has 1 unspecified atom stereocenters. The van der Waals surface area contributed by atoms with Crippen LogP contribution in [0.1, 0.15) is 16.8 Å². The standard InChI is InChI=1S/C12H14ClNO3/c1-14(9-4-5-17-7-9)12(16)10-6-8(13)2-3-11(10)15/h2-3,6,9,15H,4-5,7H2,1H3. The minimum atomic E-state index is -0.236. The fourth-order valence-corrected chi connectivity index (χ4v) is 2.04. The first kappa shape index (κ1) is 12.2. The van der Waals surface area contributed by atoms with Crippen molar-refractivity contribution in [3.8, 4) is 5.75 Å². The third-order valence-electron chi connectivity index (χ3n) is 2.96. The average molecular weight is 256 g/mol. The van der Waals surface area contributed by atoms with Crippen LogP contribution >= 0.6 is 11.6 Å². The highest BCUT2D eigenvalue weighted by atomic mass is 35.5. The zero-order valence-corrected chi connectivity index (χ0v) is 10.3. The molecule has 0 aromatic heterocycles. The number of carbonyl (C=O) groups excluding carboxylic acids is 1. The van der Waals surface area contributed by atoms with Crippen LogP contribution in [0.15, 0.2) is 18.2 Å². The van der Waals surface area contributed by atoms with E-state index in [1.165, 1.54) is 12.1 Å². The van der Waals surface area contributed by atoms with Gasteiger partial charge in [-0.05, 0) is 24.6 Å². The first-order valence-corrected chi connectivity index (χ1v) is 5.81. The lowest BCUT2D eigenvalue weighted by atomic mass is 10.1. The van der Waals surface area contributed by atoms with E-state index in [9.17, 15) is 9.90 Å². The minimum absolute atomic E-state index is 0.0508. The van der Waals surface area contributed by atoms with E-state index < -0.39 is 0 Å². The lowest BCUT2D eigenvalue weighted by molar-refractivity contribution is 0.0708. The van der Waals surface area contributed by atoms with Crippen LogP contribution in [0, 0.1) is 0 Å². The van der Waals surface area contributed by atoms with Crippen LogP contribution in [0.2, 0.25) is 5.02 Å². The number of phenols is 1. The molecule has 92 valence electrons. The van der Waals surface area contributed by atoms with Gasteiger partial charge in [-0.15, -0.1) is 0 Å². The summed E-state index contributed by atoms with van der Waals surface area (Å²) in [7, 11) is 1.71. The molecule has 17 heavy (non-hydrogen) atoms. The maximum absolute atomic E-state index is 12.2. The molecular weight excluding hydrogens is 242 g/mol. The van der Waals surface area contributed by atoms with Crippen LogP contribution in [0.5, 0.6) is 5.75 Å². The Morgan fingerprint density at radius 3 is 3.00 bits per heavy atom. The quantitative estimate of drug-likeness (QED) is 0.878. The second-order valence-electron chi connectivity index (χ2n) is 4.09. The monoisotopic (exact) mass is 255 g/mol. The van der Waals surface area contributed by atoms with Gasteiger partial charge >= 0.3 is 0 Å². The molecule has 0 spiro atoms.